The summed E-state index contributed by atoms with van der Waals surface area (Å²) in [5.41, 5.74) is 7.15. The number of carbonyl (C=O) groups is 1. The number of nitrogens with zero attached hydrogens (tertiary/aromatic N) is 2. The lowest BCUT2D eigenvalue weighted by Crippen LogP contribution is -2.53. The van der Waals surface area contributed by atoms with E-state index in [1.807, 2.05) is 23.1 Å². The number of hydrogen-bond donors (Lipinski definition) is 1. The number of nitrogens with two attached hydrogens (primary N) is 1. The minimum atomic E-state index is 0.187. The van der Waals surface area contributed by atoms with E-state index in [1.54, 1.807) is 0 Å². The molecule has 1 aromatic carbocycles. The Morgan fingerprint density at radius 1 is 1.40 bits per heavy atom. The second-order valence-corrected chi connectivity index (χ2v) is 6.02. The number of halogens is 1. The number of carbonyl (C=O) groups excluding carboxylic acids is 1. The Balaban J connectivity index is 1.76. The maximum Gasteiger partial charge on any atom is 0.222 e. The molecule has 0 bridgehead atoms. The minimum absolute atomic E-state index is 0.187. The molecule has 1 amide bonds. The summed E-state index contributed by atoms with van der Waals surface area (Å²) in [4.78, 5) is 16.2. The zero-order chi connectivity index (χ0) is 14.1. The molecule has 108 valence electrons. The SMILES string of the molecule is NCC(c1cccc(Cl)c1)N1CCN2C(=O)CCC2C1. The molecule has 0 saturated carbocycles. The second-order valence-electron chi connectivity index (χ2n) is 5.58. The van der Waals surface area contributed by atoms with Crippen molar-refractivity contribution >= 4 is 17.5 Å². The summed E-state index contributed by atoms with van der Waals surface area (Å²) in [5, 5.41) is 0.746. The van der Waals surface area contributed by atoms with E-state index in [4.69, 9.17) is 17.3 Å². The summed E-state index contributed by atoms with van der Waals surface area (Å²) in [7, 11) is 0. The van der Waals surface area contributed by atoms with Crippen molar-refractivity contribution in [1.29, 1.82) is 0 Å². The molecule has 3 rings (SSSR count). The Bertz CT molecular complexity index is 508. The maximum atomic E-state index is 11.7. The van der Waals surface area contributed by atoms with Gasteiger partial charge in [-0.25, -0.2) is 0 Å². The average Bonchev–Trinajstić information content (AvgIpc) is 2.81. The summed E-state index contributed by atoms with van der Waals surface area (Å²) >= 11 is 6.08. The first-order valence-corrected chi connectivity index (χ1v) is 7.56. The first kappa shape index (κ1) is 13.9. The van der Waals surface area contributed by atoms with E-state index in [1.165, 1.54) is 0 Å². The number of benzene rings is 1. The Morgan fingerprint density at radius 2 is 2.25 bits per heavy atom. The molecule has 2 aliphatic rings. The van der Waals surface area contributed by atoms with Crippen LogP contribution >= 0.6 is 11.6 Å². The van der Waals surface area contributed by atoms with Crippen molar-refractivity contribution < 1.29 is 4.79 Å². The van der Waals surface area contributed by atoms with Gasteiger partial charge in [0.2, 0.25) is 5.91 Å². The minimum Gasteiger partial charge on any atom is -0.337 e. The molecule has 0 aliphatic carbocycles. The van der Waals surface area contributed by atoms with Crippen LogP contribution in [0.5, 0.6) is 0 Å². The van der Waals surface area contributed by atoms with Crippen LogP contribution in [0, 0.1) is 0 Å². The van der Waals surface area contributed by atoms with Crippen LogP contribution in [0.3, 0.4) is 0 Å². The lowest BCUT2D eigenvalue weighted by atomic mass is 10.0. The van der Waals surface area contributed by atoms with Crippen molar-refractivity contribution in [2.45, 2.75) is 24.9 Å². The zero-order valence-corrected chi connectivity index (χ0v) is 12.2. The summed E-state index contributed by atoms with van der Waals surface area (Å²) in [6, 6.07) is 8.47. The van der Waals surface area contributed by atoms with E-state index in [9.17, 15) is 4.79 Å². The molecule has 2 atom stereocenters. The van der Waals surface area contributed by atoms with E-state index in [0.717, 1.165) is 36.6 Å². The van der Waals surface area contributed by atoms with Gasteiger partial charge in [-0.15, -0.1) is 0 Å². The predicted molar refractivity (Wildman–Crippen MR) is 79.6 cm³/mol. The van der Waals surface area contributed by atoms with Gasteiger partial charge in [-0.3, -0.25) is 9.69 Å². The third-order valence-corrected chi connectivity index (χ3v) is 4.66. The smallest absolute Gasteiger partial charge is 0.222 e. The lowest BCUT2D eigenvalue weighted by Gasteiger charge is -2.41. The van der Waals surface area contributed by atoms with Crippen molar-refractivity contribution in [1.82, 2.24) is 9.80 Å². The molecule has 2 saturated heterocycles. The number of fused-ring (bicyclic) bond motifs is 1. The Morgan fingerprint density at radius 3 is 3.00 bits per heavy atom. The van der Waals surface area contributed by atoms with Crippen molar-refractivity contribution in [3.05, 3.63) is 34.9 Å². The molecule has 5 heteroatoms. The molecule has 2 aliphatic heterocycles. The van der Waals surface area contributed by atoms with E-state index in [0.29, 0.717) is 24.9 Å². The van der Waals surface area contributed by atoms with Crippen LogP contribution in [-0.2, 0) is 4.79 Å². The first-order valence-electron chi connectivity index (χ1n) is 7.18. The fourth-order valence-electron chi connectivity index (χ4n) is 3.38. The van der Waals surface area contributed by atoms with Gasteiger partial charge in [-0.2, -0.15) is 0 Å². The third-order valence-electron chi connectivity index (χ3n) is 4.42. The maximum absolute atomic E-state index is 11.7. The van der Waals surface area contributed by atoms with Gasteiger partial charge >= 0.3 is 0 Å². The quantitative estimate of drug-likeness (QED) is 0.922. The van der Waals surface area contributed by atoms with Gasteiger partial charge in [-0.05, 0) is 24.1 Å². The van der Waals surface area contributed by atoms with E-state index in [-0.39, 0.29) is 6.04 Å². The van der Waals surface area contributed by atoms with Gasteiger partial charge in [-0.1, -0.05) is 23.7 Å². The van der Waals surface area contributed by atoms with Crippen LogP contribution < -0.4 is 5.73 Å². The van der Waals surface area contributed by atoms with Crippen LogP contribution in [0.25, 0.3) is 0 Å². The summed E-state index contributed by atoms with van der Waals surface area (Å²) in [5.74, 6) is 0.307. The monoisotopic (exact) mass is 293 g/mol. The van der Waals surface area contributed by atoms with Crippen molar-refractivity contribution in [2.24, 2.45) is 5.73 Å². The normalized spacial score (nSPS) is 24.8. The fraction of sp³-hybridized carbons (Fsp3) is 0.533. The molecule has 4 nitrogen and oxygen atoms in total. The zero-order valence-electron chi connectivity index (χ0n) is 11.5. The summed E-state index contributed by atoms with van der Waals surface area (Å²) in [6.07, 6.45) is 1.67. The fourth-order valence-corrected chi connectivity index (χ4v) is 3.58. The Hall–Kier alpha value is -1.10. The van der Waals surface area contributed by atoms with E-state index in [2.05, 4.69) is 11.0 Å². The molecule has 2 fully saturated rings. The van der Waals surface area contributed by atoms with E-state index < -0.39 is 0 Å². The number of hydrogen-bond acceptors (Lipinski definition) is 3. The number of amides is 1. The molecule has 0 radical (unpaired) electrons. The van der Waals surface area contributed by atoms with Gasteiger partial charge in [0.25, 0.3) is 0 Å². The van der Waals surface area contributed by atoms with Crippen LogP contribution in [0.15, 0.2) is 24.3 Å². The van der Waals surface area contributed by atoms with Crippen molar-refractivity contribution in [2.75, 3.05) is 26.2 Å². The molecular weight excluding hydrogens is 274 g/mol. The Kier molecular flexibility index (Phi) is 3.96. The highest BCUT2D eigenvalue weighted by Crippen LogP contribution is 2.29. The molecule has 2 N–H and O–H groups in total. The topological polar surface area (TPSA) is 49.6 Å². The van der Waals surface area contributed by atoms with Crippen LogP contribution in [-0.4, -0.2) is 47.9 Å². The van der Waals surface area contributed by atoms with Crippen LogP contribution in [0.1, 0.15) is 24.4 Å². The lowest BCUT2D eigenvalue weighted by molar-refractivity contribution is -0.131. The van der Waals surface area contributed by atoms with Gasteiger partial charge in [0, 0.05) is 49.7 Å². The molecule has 0 spiro atoms. The standard InChI is InChI=1S/C15H20ClN3O/c16-12-3-1-2-11(8-12)14(9-17)18-6-7-19-13(10-18)4-5-15(19)20/h1-3,8,13-14H,4-7,9-10,17H2. The molecule has 0 aromatic heterocycles. The van der Waals surface area contributed by atoms with Crippen molar-refractivity contribution in [3.63, 3.8) is 0 Å². The van der Waals surface area contributed by atoms with Crippen LogP contribution in [0.4, 0.5) is 0 Å². The number of piperazine rings is 1. The molecular formula is C15H20ClN3O. The van der Waals surface area contributed by atoms with Crippen LogP contribution in [0.2, 0.25) is 5.02 Å². The number of rotatable bonds is 3. The largest absolute Gasteiger partial charge is 0.337 e. The Labute approximate surface area is 124 Å². The highest BCUT2D eigenvalue weighted by atomic mass is 35.5. The predicted octanol–water partition coefficient (Wildman–Crippen LogP) is 1.65. The van der Waals surface area contributed by atoms with Crippen molar-refractivity contribution in [3.8, 4) is 0 Å². The van der Waals surface area contributed by atoms with E-state index >= 15 is 0 Å². The second kappa shape index (κ2) is 5.72. The highest BCUT2D eigenvalue weighted by molar-refractivity contribution is 6.30. The summed E-state index contributed by atoms with van der Waals surface area (Å²) < 4.78 is 0. The average molecular weight is 294 g/mol. The molecule has 20 heavy (non-hydrogen) atoms. The summed E-state index contributed by atoms with van der Waals surface area (Å²) in [6.45, 7) is 3.19. The molecule has 2 unspecified atom stereocenters. The van der Waals surface area contributed by atoms with Gasteiger partial charge in [0.05, 0.1) is 0 Å². The molecule has 1 aromatic rings. The highest BCUT2D eigenvalue weighted by Gasteiger charge is 2.37. The molecule has 2 heterocycles. The van der Waals surface area contributed by atoms with Gasteiger partial charge in [0.1, 0.15) is 0 Å². The first-order chi connectivity index (χ1) is 9.69. The van der Waals surface area contributed by atoms with Gasteiger partial charge in [0.15, 0.2) is 0 Å². The third kappa shape index (κ3) is 2.55. The van der Waals surface area contributed by atoms with Gasteiger partial charge < -0.3 is 10.6 Å².